The van der Waals surface area contributed by atoms with Crippen LogP contribution < -0.4 is 10.6 Å². The molecule has 0 aromatic rings. The minimum atomic E-state index is -0.167. The van der Waals surface area contributed by atoms with Gasteiger partial charge < -0.3 is 10.6 Å². The second kappa shape index (κ2) is 6.09. The highest BCUT2D eigenvalue weighted by Gasteiger charge is 2.60. The lowest BCUT2D eigenvalue weighted by Crippen LogP contribution is -2.59. The molecule has 1 aliphatic heterocycles. The van der Waals surface area contributed by atoms with E-state index in [2.05, 4.69) is 51.3 Å². The maximum absolute atomic E-state index is 13.0. The molecule has 0 aromatic heterocycles. The van der Waals surface area contributed by atoms with Gasteiger partial charge in [-0.2, -0.15) is 0 Å². The van der Waals surface area contributed by atoms with Crippen LogP contribution in [0.25, 0.3) is 0 Å². The van der Waals surface area contributed by atoms with Crippen LogP contribution in [0.3, 0.4) is 0 Å². The van der Waals surface area contributed by atoms with Gasteiger partial charge in [0.25, 0.3) is 0 Å². The zero-order chi connectivity index (χ0) is 19.6. The Balaban J connectivity index is 1.58. The Labute approximate surface area is 163 Å². The first-order valence-corrected chi connectivity index (χ1v) is 10.9. The highest BCUT2D eigenvalue weighted by atomic mass is 16.2. The number of hydrogen-bond acceptors (Lipinski definition) is 2. The predicted molar refractivity (Wildman–Crippen MR) is 107 cm³/mol. The topological polar surface area (TPSA) is 58.2 Å². The third-order valence-electron chi connectivity index (χ3n) is 8.50. The van der Waals surface area contributed by atoms with E-state index >= 15 is 0 Å². The van der Waals surface area contributed by atoms with Crippen LogP contribution in [0.15, 0.2) is 12.2 Å². The summed E-state index contributed by atoms with van der Waals surface area (Å²) in [5.74, 6) is 2.41. The SMILES string of the molecule is CC(C)(C)NC(=O)C1CC[C@H]2[C@@H]3CC[C@H]4NC(=O)C=C[C@]4(C)[C@H]3CCC12C. The van der Waals surface area contributed by atoms with Crippen molar-refractivity contribution in [1.29, 1.82) is 0 Å². The Morgan fingerprint density at radius 1 is 1.11 bits per heavy atom. The van der Waals surface area contributed by atoms with E-state index < -0.39 is 0 Å². The molecule has 2 N–H and O–H groups in total. The molecule has 0 radical (unpaired) electrons. The summed E-state index contributed by atoms with van der Waals surface area (Å²) in [5, 5.41) is 6.48. The average Bonchev–Trinajstić information content (AvgIpc) is 2.91. The molecule has 3 saturated carbocycles. The van der Waals surface area contributed by atoms with Crippen LogP contribution in [0.1, 0.15) is 73.1 Å². The van der Waals surface area contributed by atoms with E-state index in [1.165, 1.54) is 19.3 Å². The van der Waals surface area contributed by atoms with Crippen LogP contribution in [0.5, 0.6) is 0 Å². The molecule has 3 fully saturated rings. The predicted octanol–water partition coefficient (Wildman–Crippen LogP) is 3.81. The summed E-state index contributed by atoms with van der Waals surface area (Å²) in [7, 11) is 0. The lowest BCUT2D eigenvalue weighted by atomic mass is 9.48. The van der Waals surface area contributed by atoms with Gasteiger partial charge in [0, 0.05) is 22.9 Å². The lowest BCUT2D eigenvalue weighted by molar-refractivity contribution is -0.135. The number of carbonyl (C=O) groups excluding carboxylic acids is 2. The maximum Gasteiger partial charge on any atom is 0.243 e. The highest BCUT2D eigenvalue weighted by molar-refractivity contribution is 5.89. The van der Waals surface area contributed by atoms with Crippen LogP contribution in [-0.4, -0.2) is 23.4 Å². The number of fused-ring (bicyclic) bond motifs is 5. The van der Waals surface area contributed by atoms with Gasteiger partial charge in [0.1, 0.15) is 0 Å². The van der Waals surface area contributed by atoms with E-state index in [-0.39, 0.29) is 40.1 Å². The van der Waals surface area contributed by atoms with Crippen molar-refractivity contribution < 1.29 is 9.59 Å². The molecule has 27 heavy (non-hydrogen) atoms. The molecule has 0 aromatic carbocycles. The first-order valence-electron chi connectivity index (χ1n) is 10.9. The van der Waals surface area contributed by atoms with Gasteiger partial charge in [-0.25, -0.2) is 0 Å². The zero-order valence-electron chi connectivity index (χ0n) is 17.6. The standard InChI is InChI=1S/C23H36N2O2/c1-21(2,3)25-20(27)17-8-7-15-14-6-9-18-23(5,13-11-19(26)24-18)16(14)10-12-22(15,17)4/h11,13-18H,6-10,12H2,1-5H3,(H,24,26)(H,25,27)/t14-,15-,16-,17?,18+,22?,23+/m0/s1. The smallest absolute Gasteiger partial charge is 0.243 e. The number of amides is 2. The van der Waals surface area contributed by atoms with Crippen LogP contribution in [0, 0.1) is 34.5 Å². The van der Waals surface area contributed by atoms with E-state index in [1.807, 2.05) is 0 Å². The third kappa shape index (κ3) is 2.94. The summed E-state index contributed by atoms with van der Waals surface area (Å²) >= 11 is 0. The first kappa shape index (κ1) is 19.0. The van der Waals surface area contributed by atoms with Crippen LogP contribution >= 0.6 is 0 Å². The largest absolute Gasteiger partial charge is 0.351 e. The molecule has 0 bridgehead atoms. The van der Waals surface area contributed by atoms with Gasteiger partial charge in [-0.3, -0.25) is 9.59 Å². The van der Waals surface area contributed by atoms with Gasteiger partial charge in [-0.15, -0.1) is 0 Å². The fourth-order valence-electron chi connectivity index (χ4n) is 7.22. The summed E-state index contributed by atoms with van der Waals surface area (Å²) in [6, 6.07) is 0.280. The Kier molecular flexibility index (Phi) is 4.29. The number of carbonyl (C=O) groups is 2. The van der Waals surface area contributed by atoms with Crippen molar-refractivity contribution in [3.05, 3.63) is 12.2 Å². The summed E-state index contributed by atoms with van der Waals surface area (Å²) in [6.07, 6.45) is 10.7. The molecule has 3 aliphatic carbocycles. The van der Waals surface area contributed by atoms with E-state index in [9.17, 15) is 9.59 Å². The van der Waals surface area contributed by atoms with Crippen molar-refractivity contribution in [2.75, 3.05) is 0 Å². The number of rotatable bonds is 1. The molecule has 2 unspecified atom stereocenters. The quantitative estimate of drug-likeness (QED) is 0.735. The molecule has 4 heteroatoms. The maximum atomic E-state index is 13.0. The van der Waals surface area contributed by atoms with Crippen LogP contribution in [0.4, 0.5) is 0 Å². The number of hydrogen-bond donors (Lipinski definition) is 2. The molecular weight excluding hydrogens is 336 g/mol. The number of nitrogens with one attached hydrogen (secondary N) is 2. The van der Waals surface area contributed by atoms with E-state index in [1.54, 1.807) is 6.08 Å². The molecule has 4 rings (SSSR count). The molecule has 7 atom stereocenters. The fraction of sp³-hybridized carbons (Fsp3) is 0.826. The van der Waals surface area contributed by atoms with Crippen molar-refractivity contribution in [1.82, 2.24) is 10.6 Å². The first-order chi connectivity index (χ1) is 12.5. The summed E-state index contributed by atoms with van der Waals surface area (Å²) in [5.41, 5.74) is 0.0323. The van der Waals surface area contributed by atoms with Crippen LogP contribution in [-0.2, 0) is 9.59 Å². The molecule has 0 saturated heterocycles. The fourth-order valence-corrected chi connectivity index (χ4v) is 7.22. The molecule has 2 amide bonds. The Hall–Kier alpha value is -1.32. The third-order valence-corrected chi connectivity index (χ3v) is 8.50. The van der Waals surface area contributed by atoms with Crippen molar-refractivity contribution in [2.24, 2.45) is 34.5 Å². The van der Waals surface area contributed by atoms with Gasteiger partial charge in [0.05, 0.1) is 0 Å². The van der Waals surface area contributed by atoms with Crippen molar-refractivity contribution >= 4 is 11.8 Å². The lowest BCUT2D eigenvalue weighted by Gasteiger charge is -2.58. The van der Waals surface area contributed by atoms with Gasteiger partial charge >= 0.3 is 0 Å². The Morgan fingerprint density at radius 3 is 2.56 bits per heavy atom. The summed E-state index contributed by atoms with van der Waals surface area (Å²) in [4.78, 5) is 24.9. The second-order valence-corrected chi connectivity index (χ2v) is 11.1. The monoisotopic (exact) mass is 372 g/mol. The summed E-state index contributed by atoms with van der Waals surface area (Å²) < 4.78 is 0. The molecular formula is C23H36N2O2. The minimum absolute atomic E-state index is 0.0661. The normalized spacial score (nSPS) is 46.1. The van der Waals surface area contributed by atoms with Gasteiger partial charge in [-0.1, -0.05) is 19.9 Å². The molecule has 0 spiro atoms. The van der Waals surface area contributed by atoms with E-state index in [0.717, 1.165) is 19.3 Å². The van der Waals surface area contributed by atoms with Crippen molar-refractivity contribution in [3.63, 3.8) is 0 Å². The van der Waals surface area contributed by atoms with Crippen molar-refractivity contribution in [2.45, 2.75) is 84.7 Å². The van der Waals surface area contributed by atoms with Gasteiger partial charge in [0.2, 0.25) is 11.8 Å². The summed E-state index contributed by atoms with van der Waals surface area (Å²) in [6.45, 7) is 11.0. The van der Waals surface area contributed by atoms with E-state index in [4.69, 9.17) is 0 Å². The minimum Gasteiger partial charge on any atom is -0.351 e. The van der Waals surface area contributed by atoms with E-state index in [0.29, 0.717) is 17.8 Å². The molecule has 1 heterocycles. The van der Waals surface area contributed by atoms with Crippen LogP contribution in [0.2, 0.25) is 0 Å². The average molecular weight is 373 g/mol. The van der Waals surface area contributed by atoms with Crippen molar-refractivity contribution in [3.8, 4) is 0 Å². The van der Waals surface area contributed by atoms with Gasteiger partial charge in [0.15, 0.2) is 0 Å². The zero-order valence-corrected chi connectivity index (χ0v) is 17.6. The Bertz CT molecular complexity index is 678. The molecule has 4 nitrogen and oxygen atoms in total. The molecule has 150 valence electrons. The Morgan fingerprint density at radius 2 is 1.85 bits per heavy atom. The highest BCUT2D eigenvalue weighted by Crippen LogP contribution is 2.65. The van der Waals surface area contributed by atoms with Gasteiger partial charge in [-0.05, 0) is 88.5 Å². The second-order valence-electron chi connectivity index (χ2n) is 11.1. The molecule has 4 aliphatic rings.